The van der Waals surface area contributed by atoms with Crippen LogP contribution < -0.4 is 47.1 Å². The number of ether oxygens (including phenoxy) is 6. The Kier molecular flexibility index (Phi) is 22.8. The lowest BCUT2D eigenvalue weighted by atomic mass is 10.0. The number of rotatable bonds is 35. The zero-order chi connectivity index (χ0) is 48.7. The minimum atomic E-state index is -0.882. The van der Waals surface area contributed by atoms with E-state index in [1.807, 2.05) is 11.8 Å². The lowest BCUT2D eigenvalue weighted by Crippen LogP contribution is -2.41. The van der Waals surface area contributed by atoms with Crippen LogP contribution in [0, 0.1) is 5.21 Å². The van der Waals surface area contributed by atoms with E-state index >= 15 is 0 Å². The molecule has 3 heterocycles. The molecule has 5 amide bonds. The van der Waals surface area contributed by atoms with Crippen LogP contribution >= 0.6 is 11.8 Å². The second kappa shape index (κ2) is 28.9. The molecule has 0 unspecified atom stereocenters. The normalized spacial score (nSPS) is 17.3. The third kappa shape index (κ3) is 17.6. The van der Waals surface area contributed by atoms with Gasteiger partial charge in [0.25, 0.3) is 17.0 Å². The number of primary amides is 1. The summed E-state index contributed by atoms with van der Waals surface area (Å²) in [6, 6.07) is 6.85. The first kappa shape index (κ1) is 53.6. The molecule has 0 aromatic heterocycles. The molecule has 0 aliphatic carbocycles. The first-order valence-corrected chi connectivity index (χ1v) is 24.4. The SMILES string of the molecule is C=c1ccc2c(c1)Oc1c(ccc(O)c1C(=O)NCCCC[C@H](NC(=O)CCOCCOCCOCCOCCOCCCC(=O)CCCC[C@@H]1SC[C@@H]3NC(=O)N[C@@H]31)C(=O)CCC(N)=O)[N+]=2[O-]. The fourth-order valence-corrected chi connectivity index (χ4v) is 9.35. The predicted molar refractivity (Wildman–Crippen MR) is 252 cm³/mol. The van der Waals surface area contributed by atoms with E-state index in [9.17, 15) is 39.1 Å². The van der Waals surface area contributed by atoms with Crippen molar-refractivity contribution in [2.24, 2.45) is 5.73 Å². The molecular formula is C47H66N6O14S. The van der Waals surface area contributed by atoms with Crippen molar-refractivity contribution in [1.29, 1.82) is 0 Å². The van der Waals surface area contributed by atoms with E-state index in [2.05, 4.69) is 27.8 Å². The van der Waals surface area contributed by atoms with E-state index in [-0.39, 0.29) is 116 Å². The fourth-order valence-electron chi connectivity index (χ4n) is 7.81. The number of carbonyl (C=O) groups is 6. The Morgan fingerprint density at radius 1 is 0.838 bits per heavy atom. The number of fused-ring (bicyclic) bond motifs is 3. The minimum Gasteiger partial charge on any atom is -0.618 e. The van der Waals surface area contributed by atoms with Crippen molar-refractivity contribution in [3.8, 4) is 17.2 Å². The van der Waals surface area contributed by atoms with Gasteiger partial charge >= 0.3 is 6.03 Å². The molecule has 2 aromatic carbocycles. The highest BCUT2D eigenvalue weighted by molar-refractivity contribution is 8.00. The van der Waals surface area contributed by atoms with Gasteiger partial charge in [-0.3, -0.25) is 24.0 Å². The number of nitrogens with zero attached hydrogens (tertiary/aromatic N) is 1. The first-order chi connectivity index (χ1) is 32.9. The van der Waals surface area contributed by atoms with E-state index in [1.54, 1.807) is 18.2 Å². The number of nitrogens with two attached hydrogens (primary N) is 1. The number of aromatic hydroxyl groups is 1. The monoisotopic (exact) mass is 970 g/mol. The Balaban J connectivity index is 0.831. The predicted octanol–water partition coefficient (Wildman–Crippen LogP) is 2.00. The molecule has 5 rings (SSSR count). The van der Waals surface area contributed by atoms with Gasteiger partial charge < -0.3 is 65.7 Å². The van der Waals surface area contributed by atoms with E-state index in [4.69, 9.17) is 34.2 Å². The van der Waals surface area contributed by atoms with Crippen molar-refractivity contribution < 1.29 is 62.3 Å². The van der Waals surface area contributed by atoms with Crippen LogP contribution in [0.1, 0.15) is 87.4 Å². The first-order valence-electron chi connectivity index (χ1n) is 23.4. The van der Waals surface area contributed by atoms with Crippen molar-refractivity contribution >= 4 is 59.3 Å². The molecule has 374 valence electrons. The van der Waals surface area contributed by atoms with Gasteiger partial charge in [-0.25, -0.2) is 4.79 Å². The quantitative estimate of drug-likeness (QED) is 0.0250. The summed E-state index contributed by atoms with van der Waals surface area (Å²) < 4.78 is 34.1. The number of carbonyl (C=O) groups excluding carboxylic acids is 6. The number of amides is 5. The van der Waals surface area contributed by atoms with Crippen LogP contribution in [0.4, 0.5) is 10.5 Å². The van der Waals surface area contributed by atoms with Crippen LogP contribution in [0.3, 0.4) is 0 Å². The van der Waals surface area contributed by atoms with Crippen LogP contribution in [-0.4, -0.2) is 142 Å². The topological polar surface area (TPSA) is 278 Å². The molecule has 3 aliphatic rings. The number of phenols is 1. The Hall–Kier alpha value is -5.32. The second-order valence-electron chi connectivity index (χ2n) is 16.6. The summed E-state index contributed by atoms with van der Waals surface area (Å²) in [5.74, 6) is -1.14. The van der Waals surface area contributed by atoms with Crippen LogP contribution in [0.25, 0.3) is 6.58 Å². The van der Waals surface area contributed by atoms with Gasteiger partial charge in [0.05, 0.1) is 77.6 Å². The Morgan fingerprint density at radius 2 is 1.51 bits per heavy atom. The maximum Gasteiger partial charge on any atom is 0.315 e. The molecule has 0 saturated carbocycles. The molecule has 2 aromatic rings. The molecule has 3 aliphatic heterocycles. The van der Waals surface area contributed by atoms with Gasteiger partial charge in [-0.15, -0.1) is 0 Å². The zero-order valence-electron chi connectivity index (χ0n) is 38.6. The molecule has 68 heavy (non-hydrogen) atoms. The molecule has 2 fully saturated rings. The van der Waals surface area contributed by atoms with Crippen LogP contribution in [0.2, 0.25) is 0 Å². The Labute approximate surface area is 400 Å². The number of benzene rings is 2. The van der Waals surface area contributed by atoms with E-state index < -0.39 is 23.8 Å². The van der Waals surface area contributed by atoms with Gasteiger partial charge in [-0.05, 0) is 61.9 Å². The fraction of sp³-hybridized carbons (Fsp3) is 0.596. The van der Waals surface area contributed by atoms with E-state index in [1.165, 1.54) is 12.1 Å². The summed E-state index contributed by atoms with van der Waals surface area (Å²) >= 11 is 1.89. The number of hydrogen-bond acceptors (Lipinski definition) is 15. The summed E-state index contributed by atoms with van der Waals surface area (Å²) in [4.78, 5) is 73.9. The molecule has 21 heteroatoms. The number of hydrogen-bond donors (Lipinski definition) is 6. The summed E-state index contributed by atoms with van der Waals surface area (Å²) in [7, 11) is 0. The Bertz CT molecular complexity index is 2150. The number of ketones is 2. The highest BCUT2D eigenvalue weighted by Gasteiger charge is 2.42. The van der Waals surface area contributed by atoms with Crippen LogP contribution in [0.5, 0.6) is 17.2 Å². The molecule has 0 bridgehead atoms. The molecule has 0 radical (unpaired) electrons. The highest BCUT2D eigenvalue weighted by atomic mass is 32.2. The molecule has 0 spiro atoms. The third-order valence-electron chi connectivity index (χ3n) is 11.4. The van der Waals surface area contributed by atoms with Gasteiger partial charge in [-0.1, -0.05) is 13.0 Å². The van der Waals surface area contributed by atoms with Crippen molar-refractivity contribution in [3.05, 3.63) is 51.7 Å². The number of Topliss-reactive ketones (excluding diaryl/α,β-unsaturated/α-hetero) is 2. The number of unbranched alkanes of at least 4 members (excludes halogenated alkanes) is 2. The second-order valence-corrected chi connectivity index (χ2v) is 17.9. The van der Waals surface area contributed by atoms with Crippen molar-refractivity contribution in [3.63, 3.8) is 0 Å². The zero-order valence-corrected chi connectivity index (χ0v) is 39.4. The highest BCUT2D eigenvalue weighted by Crippen LogP contribution is 2.40. The van der Waals surface area contributed by atoms with Crippen molar-refractivity contribution in [2.45, 2.75) is 100 Å². The molecule has 7 N–H and O–H groups in total. The average molecular weight is 971 g/mol. The minimum absolute atomic E-state index is 0.0120. The maximum absolute atomic E-state index is 13.2. The van der Waals surface area contributed by atoms with Crippen LogP contribution in [0.15, 0.2) is 30.3 Å². The van der Waals surface area contributed by atoms with E-state index in [0.29, 0.717) is 93.6 Å². The number of nitrogens with one attached hydrogen (secondary N) is 4. The lowest BCUT2D eigenvalue weighted by Gasteiger charge is -2.19. The van der Waals surface area contributed by atoms with E-state index in [0.717, 1.165) is 25.0 Å². The number of thioether (sulfide) groups is 1. The standard InChI is InChI=1S/C47H66N6O14S/c1-31-11-12-35-39(29-31)67-45-36(53(35)61)13-14-38(56)43(45)46(59)49-18-5-4-9-33(37(55)15-16-41(48)57)50-42(58)17-20-63-22-24-65-26-28-66-27-25-64-23-21-62-19-6-8-32(54)7-2-3-10-40-44-34(30-68-40)51-47(60)52-44/h11-14,29,33-34,40,44,56H,1-10,15-28,30H2,(H2,48,57)(H,49,59)(H,50,58)(H2,51,52,60)/t33-,34-,40-,44-/m0/s1. The van der Waals surface area contributed by atoms with Gasteiger partial charge in [0.2, 0.25) is 23.3 Å². The maximum atomic E-state index is 13.2. The van der Waals surface area contributed by atoms with Crippen molar-refractivity contribution in [2.75, 3.05) is 78.4 Å². The van der Waals surface area contributed by atoms with Gasteiger partial charge in [-0.2, -0.15) is 16.5 Å². The average Bonchev–Trinajstić information content (AvgIpc) is 3.87. The summed E-state index contributed by atoms with van der Waals surface area (Å²) in [5, 5.41) is 36.2. The van der Waals surface area contributed by atoms with Crippen LogP contribution in [-0.2, 0) is 42.9 Å². The summed E-state index contributed by atoms with van der Waals surface area (Å²) in [6.07, 6.45) is 5.37. The number of phenolic OH excluding ortho intramolecular Hbond substituents is 1. The van der Waals surface area contributed by atoms with Gasteiger partial charge in [0.15, 0.2) is 5.78 Å². The summed E-state index contributed by atoms with van der Waals surface area (Å²) in [6.45, 7) is 7.49. The smallest absolute Gasteiger partial charge is 0.315 e. The van der Waals surface area contributed by atoms with Gasteiger partial charge in [0.1, 0.15) is 17.1 Å². The lowest BCUT2D eigenvalue weighted by molar-refractivity contribution is -0.129. The Morgan fingerprint density at radius 3 is 2.22 bits per heavy atom. The summed E-state index contributed by atoms with van der Waals surface area (Å²) in [5.41, 5.74) is 5.09. The molecular weight excluding hydrogens is 905 g/mol. The molecule has 4 atom stereocenters. The molecule has 20 nitrogen and oxygen atoms in total. The van der Waals surface area contributed by atoms with Gasteiger partial charge in [0, 0.05) is 68.4 Å². The largest absolute Gasteiger partial charge is 0.618 e. The molecule has 2 saturated heterocycles. The third-order valence-corrected chi connectivity index (χ3v) is 12.9. The number of urea groups is 1. The van der Waals surface area contributed by atoms with Crippen molar-refractivity contribution in [1.82, 2.24) is 26.0 Å².